The minimum Gasteiger partial charge on any atom is -0.480 e. The van der Waals surface area contributed by atoms with Gasteiger partial charge in [-0.25, -0.2) is 0 Å². The van der Waals surface area contributed by atoms with Crippen LogP contribution in [0.15, 0.2) is 18.2 Å². The predicted octanol–water partition coefficient (Wildman–Crippen LogP) is 2.36. The number of benzene rings is 1. The Morgan fingerprint density at radius 2 is 2.05 bits per heavy atom. The summed E-state index contributed by atoms with van der Waals surface area (Å²) >= 11 is 0. The van der Waals surface area contributed by atoms with Crippen molar-refractivity contribution in [2.24, 2.45) is 0 Å². The van der Waals surface area contributed by atoms with Crippen LogP contribution >= 0.6 is 0 Å². The zero-order chi connectivity index (χ0) is 15.5. The monoisotopic (exact) mass is 292 g/mol. The van der Waals surface area contributed by atoms with E-state index < -0.39 is 30.2 Å². The fraction of sp³-hybridized carbons (Fsp3) is 0.364. The summed E-state index contributed by atoms with van der Waals surface area (Å²) in [6, 6.07) is 3.43. The normalized spacial score (nSPS) is 11.2. The fourth-order valence-electron chi connectivity index (χ4n) is 1.61. The fourth-order valence-corrected chi connectivity index (χ4v) is 1.61. The summed E-state index contributed by atoms with van der Waals surface area (Å²) in [5.41, 5.74) is -0.247. The summed E-state index contributed by atoms with van der Waals surface area (Å²) in [6.07, 6.45) is -4.62. The largest absolute Gasteiger partial charge is 0.480 e. The van der Waals surface area contributed by atoms with Gasteiger partial charge in [0.15, 0.2) is 0 Å². The van der Waals surface area contributed by atoms with E-state index in [1.165, 1.54) is 19.1 Å². The maximum atomic E-state index is 12.4. The van der Waals surface area contributed by atoms with E-state index in [-0.39, 0.29) is 16.9 Å². The van der Waals surface area contributed by atoms with Crippen LogP contribution in [0.25, 0.3) is 0 Å². The molecule has 6 nitrogen and oxygen atoms in total. The minimum atomic E-state index is -4.62. The molecule has 110 valence electrons. The van der Waals surface area contributed by atoms with Gasteiger partial charge in [-0.2, -0.15) is 13.2 Å². The molecule has 1 aromatic rings. The smallest absolute Gasteiger partial charge is 0.405 e. The first-order valence-electron chi connectivity index (χ1n) is 5.38. The number of carboxylic acid groups (broad SMARTS) is 1. The average molecular weight is 292 g/mol. The van der Waals surface area contributed by atoms with E-state index in [0.29, 0.717) is 4.90 Å². The average Bonchev–Trinajstić information content (AvgIpc) is 2.25. The number of carboxylic acids is 1. The van der Waals surface area contributed by atoms with Crippen LogP contribution in [0.2, 0.25) is 0 Å². The Hall–Kier alpha value is -2.32. The number of alkyl halides is 3. The summed E-state index contributed by atoms with van der Waals surface area (Å²) < 4.78 is 37.2. The number of hydrogen-bond acceptors (Lipinski definition) is 4. The lowest BCUT2D eigenvalue weighted by Crippen LogP contribution is -2.38. The molecular formula is C11H11F3N2O4. The molecule has 0 aliphatic carbocycles. The lowest BCUT2D eigenvalue weighted by Gasteiger charge is -2.24. The van der Waals surface area contributed by atoms with Gasteiger partial charge in [0.1, 0.15) is 13.1 Å². The van der Waals surface area contributed by atoms with Crippen LogP contribution in [-0.2, 0) is 4.79 Å². The molecule has 1 aromatic carbocycles. The SMILES string of the molecule is Cc1ccc(N(CC(=O)O)CC(F)(F)F)cc1[N+](=O)[O-]. The highest BCUT2D eigenvalue weighted by Crippen LogP contribution is 2.27. The number of hydrogen-bond donors (Lipinski definition) is 1. The third-order valence-corrected chi connectivity index (χ3v) is 2.45. The van der Waals surface area contributed by atoms with Crippen molar-refractivity contribution in [3.05, 3.63) is 33.9 Å². The lowest BCUT2D eigenvalue weighted by molar-refractivity contribution is -0.385. The molecular weight excluding hydrogens is 281 g/mol. The van der Waals surface area contributed by atoms with Crippen molar-refractivity contribution in [1.82, 2.24) is 0 Å². The summed E-state index contributed by atoms with van der Waals surface area (Å²) in [6.45, 7) is -0.966. The van der Waals surface area contributed by atoms with Crippen LogP contribution in [0.3, 0.4) is 0 Å². The van der Waals surface area contributed by atoms with Crippen molar-refractivity contribution in [2.45, 2.75) is 13.1 Å². The molecule has 0 radical (unpaired) electrons. The summed E-state index contributed by atoms with van der Waals surface area (Å²) in [7, 11) is 0. The number of aryl methyl sites for hydroxylation is 1. The van der Waals surface area contributed by atoms with Crippen molar-refractivity contribution in [1.29, 1.82) is 0 Å². The Kier molecular flexibility index (Phi) is 4.53. The molecule has 0 amide bonds. The maximum absolute atomic E-state index is 12.4. The summed E-state index contributed by atoms with van der Waals surface area (Å²) in [4.78, 5) is 21.2. The van der Waals surface area contributed by atoms with Crippen LogP contribution < -0.4 is 4.90 Å². The molecule has 0 aliphatic rings. The van der Waals surface area contributed by atoms with Gasteiger partial charge in [-0.3, -0.25) is 14.9 Å². The number of carbonyl (C=O) groups is 1. The van der Waals surface area contributed by atoms with Crippen molar-refractivity contribution < 1.29 is 28.0 Å². The molecule has 0 aliphatic heterocycles. The van der Waals surface area contributed by atoms with Crippen LogP contribution in [0.5, 0.6) is 0 Å². The first kappa shape index (κ1) is 15.7. The van der Waals surface area contributed by atoms with Gasteiger partial charge >= 0.3 is 12.1 Å². The molecule has 1 N–H and O–H groups in total. The number of halogens is 3. The number of rotatable bonds is 5. The second kappa shape index (κ2) is 5.76. The van der Waals surface area contributed by atoms with Gasteiger partial charge < -0.3 is 10.0 Å². The Balaban J connectivity index is 3.16. The summed E-state index contributed by atoms with van der Waals surface area (Å²) in [5, 5.41) is 19.4. The Morgan fingerprint density at radius 3 is 2.50 bits per heavy atom. The van der Waals surface area contributed by atoms with E-state index in [1.807, 2.05) is 0 Å². The molecule has 0 spiro atoms. The molecule has 0 fully saturated rings. The third kappa shape index (κ3) is 4.41. The van der Waals surface area contributed by atoms with Crippen molar-refractivity contribution in [3.8, 4) is 0 Å². The first-order chi connectivity index (χ1) is 9.10. The minimum absolute atomic E-state index is 0.165. The maximum Gasteiger partial charge on any atom is 0.405 e. The number of nitro benzene ring substituents is 1. The highest BCUT2D eigenvalue weighted by molar-refractivity contribution is 5.74. The Morgan fingerprint density at radius 1 is 1.45 bits per heavy atom. The topological polar surface area (TPSA) is 83.7 Å². The zero-order valence-electron chi connectivity index (χ0n) is 10.3. The highest BCUT2D eigenvalue weighted by atomic mass is 19.4. The van der Waals surface area contributed by atoms with Crippen LogP contribution in [0.1, 0.15) is 5.56 Å². The van der Waals surface area contributed by atoms with Crippen molar-refractivity contribution >= 4 is 17.3 Å². The molecule has 0 saturated heterocycles. The van der Waals surface area contributed by atoms with Crippen molar-refractivity contribution in [3.63, 3.8) is 0 Å². The van der Waals surface area contributed by atoms with Gasteiger partial charge in [0, 0.05) is 17.3 Å². The molecule has 1 rings (SSSR count). The van der Waals surface area contributed by atoms with Gasteiger partial charge in [0.2, 0.25) is 0 Å². The Bertz CT molecular complexity index is 531. The van der Waals surface area contributed by atoms with E-state index in [2.05, 4.69) is 0 Å². The zero-order valence-corrected chi connectivity index (χ0v) is 10.3. The molecule has 0 saturated carbocycles. The van der Waals surface area contributed by atoms with Gasteiger partial charge in [-0.1, -0.05) is 6.07 Å². The lowest BCUT2D eigenvalue weighted by atomic mass is 10.1. The van der Waals surface area contributed by atoms with Gasteiger partial charge in [-0.05, 0) is 13.0 Å². The second-order valence-electron chi connectivity index (χ2n) is 4.09. The molecule has 0 heterocycles. The number of aliphatic carboxylic acids is 1. The van der Waals surface area contributed by atoms with Gasteiger partial charge in [-0.15, -0.1) is 0 Å². The van der Waals surface area contributed by atoms with E-state index >= 15 is 0 Å². The van der Waals surface area contributed by atoms with E-state index in [0.717, 1.165) is 6.07 Å². The third-order valence-electron chi connectivity index (χ3n) is 2.45. The Labute approximate surface area is 111 Å². The molecule has 0 aromatic heterocycles. The van der Waals surface area contributed by atoms with E-state index in [4.69, 9.17) is 5.11 Å². The molecule has 20 heavy (non-hydrogen) atoms. The molecule has 0 bridgehead atoms. The van der Waals surface area contributed by atoms with Crippen LogP contribution in [-0.4, -0.2) is 35.3 Å². The molecule has 0 atom stereocenters. The number of anilines is 1. The van der Waals surface area contributed by atoms with E-state index in [9.17, 15) is 28.1 Å². The predicted molar refractivity (Wildman–Crippen MR) is 63.7 cm³/mol. The van der Waals surface area contributed by atoms with Crippen LogP contribution in [0, 0.1) is 17.0 Å². The van der Waals surface area contributed by atoms with E-state index in [1.54, 1.807) is 0 Å². The van der Waals surface area contributed by atoms with Gasteiger partial charge in [0.05, 0.1) is 4.92 Å². The quantitative estimate of drug-likeness (QED) is 0.665. The number of nitro groups is 1. The first-order valence-corrected chi connectivity index (χ1v) is 5.38. The van der Waals surface area contributed by atoms with Crippen LogP contribution in [0.4, 0.5) is 24.5 Å². The highest BCUT2D eigenvalue weighted by Gasteiger charge is 2.32. The van der Waals surface area contributed by atoms with Crippen molar-refractivity contribution in [2.75, 3.05) is 18.0 Å². The summed E-state index contributed by atoms with van der Waals surface area (Å²) in [5.74, 6) is -1.46. The second-order valence-corrected chi connectivity index (χ2v) is 4.09. The number of nitrogens with zero attached hydrogens (tertiary/aromatic N) is 2. The standard InChI is InChI=1S/C11H11F3N2O4/c1-7-2-3-8(4-9(7)16(19)20)15(5-10(17)18)6-11(12,13)14/h2-4H,5-6H2,1H3,(H,17,18). The molecule has 9 heteroatoms. The molecule has 0 unspecified atom stereocenters. The van der Waals surface area contributed by atoms with Gasteiger partial charge in [0.25, 0.3) is 5.69 Å².